The van der Waals surface area contributed by atoms with E-state index < -0.39 is 0 Å². The van der Waals surface area contributed by atoms with E-state index in [9.17, 15) is 5.26 Å². The molecule has 1 N–H and O–H groups in total. The van der Waals surface area contributed by atoms with E-state index in [0.29, 0.717) is 11.5 Å². The Morgan fingerprint density at radius 2 is 2.19 bits per heavy atom. The van der Waals surface area contributed by atoms with Crippen LogP contribution in [0.1, 0.15) is 30.4 Å². The number of allylic oxidation sites excluding steroid dienone is 2. The van der Waals surface area contributed by atoms with Gasteiger partial charge in [-0.15, -0.1) is 0 Å². The molecule has 0 amide bonds. The van der Waals surface area contributed by atoms with Crippen LogP contribution in [-0.2, 0) is 6.42 Å². The van der Waals surface area contributed by atoms with Crippen molar-refractivity contribution in [2.45, 2.75) is 19.8 Å². The van der Waals surface area contributed by atoms with Gasteiger partial charge in [-0.3, -0.25) is 4.98 Å². The lowest BCUT2D eigenvalue weighted by Gasteiger charge is -2.08. The highest BCUT2D eigenvalue weighted by molar-refractivity contribution is 5.97. The zero-order chi connectivity index (χ0) is 18.4. The fraction of sp³-hybridized carbons (Fsp3) is 0.190. The highest BCUT2D eigenvalue weighted by Gasteiger charge is 2.15. The fourth-order valence-corrected chi connectivity index (χ4v) is 2.78. The van der Waals surface area contributed by atoms with Gasteiger partial charge in [-0.2, -0.15) is 5.26 Å². The van der Waals surface area contributed by atoms with Gasteiger partial charge in [-0.05, 0) is 30.2 Å². The first-order chi connectivity index (χ1) is 12.8. The highest BCUT2D eigenvalue weighted by atomic mass is 16.3. The second kappa shape index (κ2) is 8.13. The van der Waals surface area contributed by atoms with Crippen LogP contribution in [0.5, 0.6) is 0 Å². The van der Waals surface area contributed by atoms with Crippen LogP contribution in [0, 0.1) is 11.3 Å². The Morgan fingerprint density at radius 1 is 1.31 bits per heavy atom. The van der Waals surface area contributed by atoms with E-state index in [2.05, 4.69) is 28.3 Å². The molecule has 0 fully saturated rings. The molecule has 130 valence electrons. The standard InChI is InChI=1S/C21H20N4O/c1-3-6-20-25-21-17(8-4-9-19(21)26-20)18(14-23-2)16(12-22)11-15-7-5-10-24-13-15/h4-5,7-11,13-14,23H,3,6H2,1-2H3/b16-11+,18-14-. The second-order valence-corrected chi connectivity index (χ2v) is 5.81. The fourth-order valence-electron chi connectivity index (χ4n) is 2.78. The van der Waals surface area contributed by atoms with Gasteiger partial charge in [0.25, 0.3) is 0 Å². The molecule has 3 aromatic rings. The van der Waals surface area contributed by atoms with Crippen molar-refractivity contribution in [2.24, 2.45) is 0 Å². The van der Waals surface area contributed by atoms with E-state index in [1.165, 1.54) is 0 Å². The first-order valence-electron chi connectivity index (χ1n) is 8.55. The summed E-state index contributed by atoms with van der Waals surface area (Å²) in [4.78, 5) is 8.75. The van der Waals surface area contributed by atoms with Crippen LogP contribution < -0.4 is 5.32 Å². The number of nitrogens with zero attached hydrogens (tertiary/aromatic N) is 3. The van der Waals surface area contributed by atoms with Gasteiger partial charge in [-0.25, -0.2) is 4.98 Å². The quantitative estimate of drug-likeness (QED) is 0.532. The molecule has 0 atom stereocenters. The van der Waals surface area contributed by atoms with Crippen LogP contribution in [0.25, 0.3) is 22.7 Å². The predicted octanol–water partition coefficient (Wildman–Crippen LogP) is 4.34. The van der Waals surface area contributed by atoms with E-state index in [1.807, 2.05) is 49.7 Å². The molecule has 0 aliphatic carbocycles. The molecule has 3 rings (SSSR count). The first-order valence-corrected chi connectivity index (χ1v) is 8.55. The number of benzene rings is 1. The topological polar surface area (TPSA) is 74.7 Å². The van der Waals surface area contributed by atoms with Gasteiger partial charge in [0.1, 0.15) is 5.52 Å². The summed E-state index contributed by atoms with van der Waals surface area (Å²) in [5, 5.41) is 12.8. The van der Waals surface area contributed by atoms with Crippen molar-refractivity contribution >= 4 is 22.7 Å². The van der Waals surface area contributed by atoms with Crippen molar-refractivity contribution in [1.82, 2.24) is 15.3 Å². The molecule has 0 spiro atoms. The third-order valence-electron chi connectivity index (χ3n) is 3.91. The van der Waals surface area contributed by atoms with Gasteiger partial charge in [0.15, 0.2) is 11.5 Å². The lowest BCUT2D eigenvalue weighted by molar-refractivity contribution is 0.525. The number of nitrogens with one attached hydrogen (secondary N) is 1. The third-order valence-corrected chi connectivity index (χ3v) is 3.91. The van der Waals surface area contributed by atoms with E-state index in [-0.39, 0.29) is 0 Å². The van der Waals surface area contributed by atoms with Crippen LogP contribution in [0.3, 0.4) is 0 Å². The van der Waals surface area contributed by atoms with Crippen molar-refractivity contribution in [3.63, 3.8) is 0 Å². The molecule has 26 heavy (non-hydrogen) atoms. The molecular weight excluding hydrogens is 324 g/mol. The Hall–Kier alpha value is -3.39. The Labute approximate surface area is 152 Å². The lowest BCUT2D eigenvalue weighted by Crippen LogP contribution is -1.99. The minimum atomic E-state index is 0.528. The van der Waals surface area contributed by atoms with E-state index >= 15 is 0 Å². The summed E-state index contributed by atoms with van der Waals surface area (Å²) in [6.07, 6.45) is 8.82. The summed E-state index contributed by atoms with van der Waals surface area (Å²) in [5.74, 6) is 0.716. The molecule has 0 radical (unpaired) electrons. The SMILES string of the molecule is CCCc1nc2c(C(=C\NC)/C(C#N)=C/c3cccnc3)cccc2o1. The Balaban J connectivity index is 2.14. The van der Waals surface area contributed by atoms with Crippen LogP contribution >= 0.6 is 0 Å². The van der Waals surface area contributed by atoms with Crippen molar-refractivity contribution in [2.75, 3.05) is 7.05 Å². The Bertz CT molecular complexity index is 994. The van der Waals surface area contributed by atoms with Crippen LogP contribution in [0.15, 0.2) is 58.9 Å². The number of fused-ring (bicyclic) bond motifs is 1. The maximum Gasteiger partial charge on any atom is 0.195 e. The maximum absolute atomic E-state index is 9.76. The van der Waals surface area contributed by atoms with Crippen molar-refractivity contribution in [3.05, 3.63) is 71.5 Å². The summed E-state index contributed by atoms with van der Waals surface area (Å²) >= 11 is 0. The summed E-state index contributed by atoms with van der Waals surface area (Å²) in [6.45, 7) is 2.09. The predicted molar refractivity (Wildman–Crippen MR) is 103 cm³/mol. The molecule has 0 aliphatic rings. The van der Waals surface area contributed by atoms with Crippen molar-refractivity contribution < 1.29 is 4.42 Å². The Kier molecular flexibility index (Phi) is 5.45. The van der Waals surface area contributed by atoms with Gasteiger partial charge >= 0.3 is 0 Å². The largest absolute Gasteiger partial charge is 0.441 e. The van der Waals surface area contributed by atoms with Gasteiger partial charge in [-0.1, -0.05) is 25.1 Å². The zero-order valence-electron chi connectivity index (χ0n) is 14.9. The van der Waals surface area contributed by atoms with E-state index in [4.69, 9.17) is 4.42 Å². The number of nitriles is 1. The number of para-hydroxylation sites is 1. The molecular formula is C21H20N4O. The third kappa shape index (κ3) is 3.65. The number of rotatable bonds is 6. The average molecular weight is 344 g/mol. The maximum atomic E-state index is 9.76. The van der Waals surface area contributed by atoms with Crippen LogP contribution in [0.4, 0.5) is 0 Å². The molecule has 0 bridgehead atoms. The van der Waals surface area contributed by atoms with Gasteiger partial charge in [0, 0.05) is 43.2 Å². The summed E-state index contributed by atoms with van der Waals surface area (Å²) in [6, 6.07) is 11.8. The summed E-state index contributed by atoms with van der Waals surface area (Å²) in [7, 11) is 1.81. The van der Waals surface area contributed by atoms with E-state index in [0.717, 1.165) is 40.6 Å². The molecule has 2 heterocycles. The summed E-state index contributed by atoms with van der Waals surface area (Å²) < 4.78 is 5.84. The zero-order valence-corrected chi connectivity index (χ0v) is 14.9. The molecule has 5 nitrogen and oxygen atoms in total. The molecule has 1 aromatic carbocycles. The molecule has 5 heteroatoms. The average Bonchev–Trinajstić information content (AvgIpc) is 3.08. The number of aromatic nitrogens is 2. The first kappa shape index (κ1) is 17.4. The number of hydrogen-bond donors (Lipinski definition) is 1. The number of hydrogen-bond acceptors (Lipinski definition) is 5. The van der Waals surface area contributed by atoms with E-state index in [1.54, 1.807) is 12.4 Å². The van der Waals surface area contributed by atoms with Gasteiger partial charge in [0.05, 0.1) is 11.6 Å². The normalized spacial score (nSPS) is 12.2. The minimum absolute atomic E-state index is 0.528. The minimum Gasteiger partial charge on any atom is -0.441 e. The molecule has 2 aromatic heterocycles. The molecule has 0 aliphatic heterocycles. The smallest absolute Gasteiger partial charge is 0.195 e. The molecule has 0 unspecified atom stereocenters. The monoisotopic (exact) mass is 344 g/mol. The van der Waals surface area contributed by atoms with Crippen LogP contribution in [0.2, 0.25) is 0 Å². The highest BCUT2D eigenvalue weighted by Crippen LogP contribution is 2.30. The van der Waals surface area contributed by atoms with Gasteiger partial charge in [0.2, 0.25) is 0 Å². The molecule has 0 saturated carbocycles. The number of pyridine rings is 1. The van der Waals surface area contributed by atoms with Crippen molar-refractivity contribution in [1.29, 1.82) is 5.26 Å². The number of aryl methyl sites for hydroxylation is 1. The van der Waals surface area contributed by atoms with Gasteiger partial charge < -0.3 is 9.73 Å². The number of oxazole rings is 1. The lowest BCUT2D eigenvalue weighted by atomic mass is 9.97. The molecule has 0 saturated heterocycles. The summed E-state index contributed by atoms with van der Waals surface area (Å²) in [5.41, 5.74) is 4.52. The second-order valence-electron chi connectivity index (χ2n) is 5.81. The van der Waals surface area contributed by atoms with Crippen molar-refractivity contribution in [3.8, 4) is 6.07 Å². The van der Waals surface area contributed by atoms with Crippen LogP contribution in [-0.4, -0.2) is 17.0 Å². The Morgan fingerprint density at radius 3 is 2.88 bits per heavy atom.